The SMILES string of the molecule is COc1cnccc1-c1nnc2ccc(Cl)nn12. The summed E-state index contributed by atoms with van der Waals surface area (Å²) in [6.07, 6.45) is 3.27. The fraction of sp³-hybridized carbons (Fsp3) is 0.0909. The molecule has 0 N–H and O–H groups in total. The molecule has 18 heavy (non-hydrogen) atoms. The summed E-state index contributed by atoms with van der Waals surface area (Å²) in [4.78, 5) is 3.99. The van der Waals surface area contributed by atoms with Gasteiger partial charge in [0.25, 0.3) is 0 Å². The predicted molar refractivity (Wildman–Crippen MR) is 65.6 cm³/mol. The number of halogens is 1. The number of methoxy groups -OCH3 is 1. The topological polar surface area (TPSA) is 65.2 Å². The lowest BCUT2D eigenvalue weighted by molar-refractivity contribution is 0.414. The molecule has 0 saturated carbocycles. The Morgan fingerprint density at radius 2 is 2.11 bits per heavy atom. The Bertz CT molecular complexity index is 711. The lowest BCUT2D eigenvalue weighted by atomic mass is 10.2. The minimum atomic E-state index is 0.372. The van der Waals surface area contributed by atoms with Crippen molar-refractivity contribution in [3.8, 4) is 17.1 Å². The zero-order valence-electron chi connectivity index (χ0n) is 9.41. The molecular weight excluding hydrogens is 254 g/mol. The zero-order valence-corrected chi connectivity index (χ0v) is 10.2. The Hall–Kier alpha value is -2.21. The van der Waals surface area contributed by atoms with Crippen molar-refractivity contribution < 1.29 is 4.74 Å². The van der Waals surface area contributed by atoms with Gasteiger partial charge in [-0.05, 0) is 18.2 Å². The van der Waals surface area contributed by atoms with E-state index in [0.717, 1.165) is 5.56 Å². The number of rotatable bonds is 2. The summed E-state index contributed by atoms with van der Waals surface area (Å²) in [5.74, 6) is 1.17. The summed E-state index contributed by atoms with van der Waals surface area (Å²) in [6.45, 7) is 0. The number of aromatic nitrogens is 5. The molecule has 0 amide bonds. The van der Waals surface area contributed by atoms with Gasteiger partial charge in [-0.3, -0.25) is 4.98 Å². The van der Waals surface area contributed by atoms with Gasteiger partial charge in [-0.25, -0.2) is 0 Å². The first-order valence-electron chi connectivity index (χ1n) is 5.16. The van der Waals surface area contributed by atoms with Gasteiger partial charge < -0.3 is 4.74 Å². The first-order chi connectivity index (χ1) is 8.79. The van der Waals surface area contributed by atoms with E-state index in [9.17, 15) is 0 Å². The van der Waals surface area contributed by atoms with Crippen LogP contribution in [0, 0.1) is 0 Å². The first-order valence-corrected chi connectivity index (χ1v) is 5.54. The van der Waals surface area contributed by atoms with Crippen molar-refractivity contribution >= 4 is 17.2 Å². The van der Waals surface area contributed by atoms with Crippen LogP contribution in [0.4, 0.5) is 0 Å². The van der Waals surface area contributed by atoms with Crippen LogP contribution in [-0.4, -0.2) is 31.9 Å². The van der Waals surface area contributed by atoms with Gasteiger partial charge >= 0.3 is 0 Å². The highest BCUT2D eigenvalue weighted by molar-refractivity contribution is 6.29. The van der Waals surface area contributed by atoms with E-state index in [-0.39, 0.29) is 0 Å². The van der Waals surface area contributed by atoms with Crippen LogP contribution in [0.1, 0.15) is 0 Å². The number of hydrogen-bond acceptors (Lipinski definition) is 5. The number of nitrogens with zero attached hydrogens (tertiary/aromatic N) is 5. The van der Waals surface area contributed by atoms with Crippen LogP contribution < -0.4 is 4.74 Å². The Morgan fingerprint density at radius 3 is 2.94 bits per heavy atom. The molecule has 90 valence electrons. The van der Waals surface area contributed by atoms with Crippen molar-refractivity contribution in [2.24, 2.45) is 0 Å². The molecule has 0 fully saturated rings. The van der Waals surface area contributed by atoms with Crippen LogP contribution in [0.25, 0.3) is 17.0 Å². The Kier molecular flexibility index (Phi) is 2.56. The van der Waals surface area contributed by atoms with Crippen LogP contribution >= 0.6 is 11.6 Å². The average molecular weight is 262 g/mol. The summed E-state index contributed by atoms with van der Waals surface area (Å²) >= 11 is 5.88. The second-order valence-electron chi connectivity index (χ2n) is 3.53. The standard InChI is InChI=1S/C11H8ClN5O/c1-18-8-6-13-5-4-7(8)11-15-14-10-3-2-9(12)16-17(10)11/h2-6H,1H3. The molecule has 0 unspecified atom stereocenters. The molecule has 0 atom stereocenters. The van der Waals surface area contributed by atoms with Crippen molar-refractivity contribution in [1.29, 1.82) is 0 Å². The van der Waals surface area contributed by atoms with Crippen LogP contribution in [0.5, 0.6) is 5.75 Å². The molecule has 3 aromatic rings. The fourth-order valence-corrected chi connectivity index (χ4v) is 1.80. The van der Waals surface area contributed by atoms with Crippen LogP contribution in [-0.2, 0) is 0 Å². The van der Waals surface area contributed by atoms with Crippen LogP contribution in [0.15, 0.2) is 30.6 Å². The Balaban J connectivity index is 2.28. The van der Waals surface area contributed by atoms with Gasteiger partial charge in [-0.15, -0.1) is 10.2 Å². The summed E-state index contributed by atoms with van der Waals surface area (Å²) in [5.41, 5.74) is 1.38. The molecule has 3 aromatic heterocycles. The first kappa shape index (κ1) is 10.9. The molecule has 3 rings (SSSR count). The smallest absolute Gasteiger partial charge is 0.189 e. The molecule has 6 nitrogen and oxygen atoms in total. The van der Waals surface area contributed by atoms with Crippen molar-refractivity contribution in [2.75, 3.05) is 7.11 Å². The molecule has 0 aliphatic rings. The molecule has 0 spiro atoms. The minimum absolute atomic E-state index is 0.372. The molecule has 0 saturated heterocycles. The summed E-state index contributed by atoms with van der Waals surface area (Å²) in [5, 5.41) is 12.7. The van der Waals surface area contributed by atoms with E-state index in [0.29, 0.717) is 22.4 Å². The molecule has 0 aliphatic heterocycles. The highest BCUT2D eigenvalue weighted by atomic mass is 35.5. The van der Waals surface area contributed by atoms with Crippen molar-refractivity contribution in [2.45, 2.75) is 0 Å². The van der Waals surface area contributed by atoms with Crippen LogP contribution in [0.2, 0.25) is 5.15 Å². The van der Waals surface area contributed by atoms with E-state index in [1.165, 1.54) is 0 Å². The van der Waals surface area contributed by atoms with Crippen LogP contribution in [0.3, 0.4) is 0 Å². The number of ether oxygens (including phenoxy) is 1. The van der Waals surface area contributed by atoms with E-state index in [1.54, 1.807) is 42.2 Å². The second-order valence-corrected chi connectivity index (χ2v) is 3.91. The summed E-state index contributed by atoms with van der Waals surface area (Å²) in [7, 11) is 1.57. The predicted octanol–water partition coefficient (Wildman–Crippen LogP) is 1.85. The molecule has 0 radical (unpaired) electrons. The summed E-state index contributed by atoms with van der Waals surface area (Å²) in [6, 6.07) is 5.20. The third-order valence-corrected chi connectivity index (χ3v) is 2.68. The van der Waals surface area contributed by atoms with Crippen molar-refractivity contribution in [3.63, 3.8) is 0 Å². The highest BCUT2D eigenvalue weighted by Crippen LogP contribution is 2.27. The van der Waals surface area contributed by atoms with Gasteiger partial charge in [0.05, 0.1) is 18.9 Å². The molecular formula is C11H8ClN5O. The fourth-order valence-electron chi connectivity index (χ4n) is 1.66. The van der Waals surface area contributed by atoms with E-state index in [1.807, 2.05) is 0 Å². The highest BCUT2D eigenvalue weighted by Gasteiger charge is 2.13. The molecule has 3 heterocycles. The van der Waals surface area contributed by atoms with Gasteiger partial charge in [-0.1, -0.05) is 11.6 Å². The Morgan fingerprint density at radius 1 is 1.22 bits per heavy atom. The van der Waals surface area contributed by atoms with E-state index in [4.69, 9.17) is 16.3 Å². The van der Waals surface area contributed by atoms with Gasteiger partial charge in [-0.2, -0.15) is 9.61 Å². The summed E-state index contributed by atoms with van der Waals surface area (Å²) < 4.78 is 6.81. The van der Waals surface area contributed by atoms with Crippen molar-refractivity contribution in [1.82, 2.24) is 24.8 Å². The number of fused-ring (bicyclic) bond motifs is 1. The maximum atomic E-state index is 5.88. The lowest BCUT2D eigenvalue weighted by Gasteiger charge is -2.05. The Labute approximate surface area is 107 Å². The second kappa shape index (κ2) is 4.23. The normalized spacial score (nSPS) is 10.8. The van der Waals surface area contributed by atoms with E-state index >= 15 is 0 Å². The zero-order chi connectivity index (χ0) is 12.5. The molecule has 0 bridgehead atoms. The van der Waals surface area contributed by atoms with Gasteiger partial charge in [0, 0.05) is 6.20 Å². The van der Waals surface area contributed by atoms with Gasteiger partial charge in [0.15, 0.2) is 11.5 Å². The monoisotopic (exact) mass is 261 g/mol. The quantitative estimate of drug-likeness (QED) is 0.704. The van der Waals surface area contributed by atoms with E-state index in [2.05, 4.69) is 20.3 Å². The minimum Gasteiger partial charge on any atom is -0.494 e. The molecule has 0 aromatic carbocycles. The molecule has 7 heteroatoms. The third-order valence-electron chi connectivity index (χ3n) is 2.48. The lowest BCUT2D eigenvalue weighted by Crippen LogP contribution is -1.97. The third kappa shape index (κ3) is 1.67. The largest absolute Gasteiger partial charge is 0.494 e. The maximum absolute atomic E-state index is 5.88. The number of pyridine rings is 1. The van der Waals surface area contributed by atoms with Gasteiger partial charge in [0.2, 0.25) is 0 Å². The average Bonchev–Trinajstić information content (AvgIpc) is 2.81. The molecule has 0 aliphatic carbocycles. The van der Waals surface area contributed by atoms with Gasteiger partial charge in [0.1, 0.15) is 10.9 Å². The maximum Gasteiger partial charge on any atom is 0.189 e. The van der Waals surface area contributed by atoms with Crippen molar-refractivity contribution in [3.05, 3.63) is 35.7 Å². The number of hydrogen-bond donors (Lipinski definition) is 0. The van der Waals surface area contributed by atoms with E-state index < -0.39 is 0 Å².